The van der Waals surface area contributed by atoms with Crippen LogP contribution in [-0.2, 0) is 20.7 Å². The molecule has 2 rings (SSSR count). The summed E-state index contributed by atoms with van der Waals surface area (Å²) in [4.78, 5) is 23.5. The molecule has 0 aromatic heterocycles. The first-order valence-corrected chi connectivity index (χ1v) is 10.6. The summed E-state index contributed by atoms with van der Waals surface area (Å²) in [5.41, 5.74) is 0.743. The van der Waals surface area contributed by atoms with E-state index in [4.69, 9.17) is 9.47 Å². The number of rotatable bonds is 14. The first-order chi connectivity index (χ1) is 14.5. The number of hydrogen-bond donors (Lipinski definition) is 1. The van der Waals surface area contributed by atoms with Gasteiger partial charge in [0.25, 0.3) is 0 Å². The van der Waals surface area contributed by atoms with Gasteiger partial charge >= 0.3 is 5.97 Å². The van der Waals surface area contributed by atoms with Gasteiger partial charge in [0.15, 0.2) is 5.60 Å². The molecule has 0 fully saturated rings. The topological polar surface area (TPSA) is 72.8 Å². The standard InChI is InChI=1S/C25H32O5/c1-3-25(24(27)28,30-4-2)18-22(19-26)21-13-15-23(16-14-21)29-17-9-8-12-20-10-6-5-7-11-20/h5-7,10-11,13-16,19,22H,3-4,8-9,12,17-18H2,1-2H3,(H,27,28). The molecule has 0 radical (unpaired) electrons. The van der Waals surface area contributed by atoms with E-state index in [1.807, 2.05) is 30.3 Å². The van der Waals surface area contributed by atoms with Crippen LogP contribution in [-0.4, -0.2) is 36.2 Å². The Labute approximate surface area is 179 Å². The van der Waals surface area contributed by atoms with Crippen LogP contribution in [0.4, 0.5) is 0 Å². The van der Waals surface area contributed by atoms with Gasteiger partial charge in [0.1, 0.15) is 12.0 Å². The predicted molar refractivity (Wildman–Crippen MR) is 117 cm³/mol. The van der Waals surface area contributed by atoms with Crippen LogP contribution in [0.3, 0.4) is 0 Å². The average molecular weight is 413 g/mol. The van der Waals surface area contributed by atoms with Gasteiger partial charge in [-0.15, -0.1) is 0 Å². The number of unbranched alkanes of at least 4 members (excludes halogenated alkanes) is 1. The second-order valence-corrected chi connectivity index (χ2v) is 7.39. The monoisotopic (exact) mass is 412 g/mol. The van der Waals surface area contributed by atoms with Crippen LogP contribution in [0, 0.1) is 0 Å². The minimum absolute atomic E-state index is 0.107. The van der Waals surface area contributed by atoms with E-state index in [-0.39, 0.29) is 13.0 Å². The van der Waals surface area contributed by atoms with Crippen LogP contribution >= 0.6 is 0 Å². The smallest absolute Gasteiger partial charge is 0.335 e. The summed E-state index contributed by atoms with van der Waals surface area (Å²) in [5, 5.41) is 9.64. The summed E-state index contributed by atoms with van der Waals surface area (Å²) in [5.74, 6) is -0.838. The molecule has 0 aliphatic heterocycles. The number of aliphatic carboxylic acids is 1. The fraction of sp³-hybridized carbons (Fsp3) is 0.440. The Kier molecular flexibility index (Phi) is 9.55. The van der Waals surface area contributed by atoms with E-state index in [1.165, 1.54) is 5.56 Å². The highest BCUT2D eigenvalue weighted by atomic mass is 16.5. The zero-order chi connectivity index (χ0) is 21.8. The molecule has 0 aliphatic carbocycles. The van der Waals surface area contributed by atoms with Gasteiger partial charge in [-0.3, -0.25) is 0 Å². The van der Waals surface area contributed by atoms with Crippen molar-refractivity contribution < 1.29 is 24.2 Å². The third-order valence-electron chi connectivity index (χ3n) is 5.38. The van der Waals surface area contributed by atoms with Crippen molar-refractivity contribution in [2.24, 2.45) is 0 Å². The molecule has 0 saturated heterocycles. The molecule has 2 unspecified atom stereocenters. The van der Waals surface area contributed by atoms with E-state index < -0.39 is 17.5 Å². The lowest BCUT2D eigenvalue weighted by molar-refractivity contribution is -0.167. The molecule has 0 aliphatic rings. The maximum Gasteiger partial charge on any atom is 0.335 e. The number of aldehydes is 1. The van der Waals surface area contributed by atoms with E-state index in [1.54, 1.807) is 13.8 Å². The van der Waals surface area contributed by atoms with Gasteiger partial charge < -0.3 is 19.4 Å². The van der Waals surface area contributed by atoms with E-state index in [0.29, 0.717) is 13.0 Å². The maximum absolute atomic E-state index is 11.8. The lowest BCUT2D eigenvalue weighted by Gasteiger charge is -2.30. The quantitative estimate of drug-likeness (QED) is 0.348. The van der Waals surface area contributed by atoms with Crippen molar-refractivity contribution in [2.45, 2.75) is 57.5 Å². The molecule has 1 N–H and O–H groups in total. The maximum atomic E-state index is 11.8. The second kappa shape index (κ2) is 12.1. The molecular weight excluding hydrogens is 380 g/mol. The van der Waals surface area contributed by atoms with Crippen molar-refractivity contribution in [3.05, 3.63) is 65.7 Å². The number of carboxylic acid groups (broad SMARTS) is 1. The Morgan fingerprint density at radius 3 is 2.33 bits per heavy atom. The molecule has 2 aromatic carbocycles. The van der Waals surface area contributed by atoms with E-state index in [2.05, 4.69) is 24.3 Å². The summed E-state index contributed by atoms with van der Waals surface area (Å²) < 4.78 is 11.3. The number of hydrogen-bond acceptors (Lipinski definition) is 4. The largest absolute Gasteiger partial charge is 0.494 e. The molecule has 0 bridgehead atoms. The molecule has 0 heterocycles. The molecular formula is C25H32O5. The first kappa shape index (κ1) is 23.6. The number of carbonyl (C=O) groups excluding carboxylic acids is 1. The summed E-state index contributed by atoms with van der Waals surface area (Å²) in [6, 6.07) is 17.7. The van der Waals surface area contributed by atoms with Gasteiger partial charge in [-0.25, -0.2) is 4.79 Å². The fourth-order valence-corrected chi connectivity index (χ4v) is 3.56. The van der Waals surface area contributed by atoms with Crippen molar-refractivity contribution in [2.75, 3.05) is 13.2 Å². The highest BCUT2D eigenvalue weighted by Crippen LogP contribution is 2.31. The molecule has 2 aromatic rings. The fourth-order valence-electron chi connectivity index (χ4n) is 3.56. The molecule has 0 amide bonds. The van der Waals surface area contributed by atoms with E-state index >= 15 is 0 Å². The average Bonchev–Trinajstić information content (AvgIpc) is 2.77. The van der Waals surface area contributed by atoms with Gasteiger partial charge in [0, 0.05) is 18.9 Å². The first-order valence-electron chi connectivity index (χ1n) is 10.6. The van der Waals surface area contributed by atoms with Gasteiger partial charge in [0.05, 0.1) is 6.61 Å². The second-order valence-electron chi connectivity index (χ2n) is 7.39. The SMILES string of the molecule is CCOC(CC)(CC(C=O)c1ccc(OCCCCc2ccccc2)cc1)C(=O)O. The van der Waals surface area contributed by atoms with Crippen LogP contribution in [0.25, 0.3) is 0 Å². The molecule has 162 valence electrons. The number of benzene rings is 2. The highest BCUT2D eigenvalue weighted by Gasteiger charge is 2.40. The predicted octanol–water partition coefficient (Wildman–Crippen LogP) is 5.03. The van der Waals surface area contributed by atoms with E-state index in [9.17, 15) is 14.7 Å². The highest BCUT2D eigenvalue weighted by molar-refractivity contribution is 5.78. The third kappa shape index (κ3) is 6.70. The van der Waals surface area contributed by atoms with Crippen molar-refractivity contribution in [3.8, 4) is 5.75 Å². The number of carbonyl (C=O) groups is 2. The molecule has 0 saturated carbocycles. The normalized spacial score (nSPS) is 13.9. The van der Waals surface area contributed by atoms with Crippen LogP contribution < -0.4 is 4.74 Å². The van der Waals surface area contributed by atoms with Crippen molar-refractivity contribution in [1.82, 2.24) is 0 Å². The van der Waals surface area contributed by atoms with Gasteiger partial charge in [0.2, 0.25) is 0 Å². The van der Waals surface area contributed by atoms with Crippen molar-refractivity contribution in [3.63, 3.8) is 0 Å². The lowest BCUT2D eigenvalue weighted by Crippen LogP contribution is -2.42. The summed E-state index contributed by atoms with van der Waals surface area (Å²) in [6.45, 7) is 4.43. The zero-order valence-electron chi connectivity index (χ0n) is 17.9. The molecule has 2 atom stereocenters. The number of aryl methyl sites for hydroxylation is 1. The molecule has 5 nitrogen and oxygen atoms in total. The molecule has 30 heavy (non-hydrogen) atoms. The Morgan fingerprint density at radius 2 is 1.77 bits per heavy atom. The Balaban J connectivity index is 1.88. The van der Waals surface area contributed by atoms with Gasteiger partial charge in [-0.05, 0) is 55.9 Å². The van der Waals surface area contributed by atoms with Crippen LogP contribution in [0.1, 0.15) is 56.6 Å². The Hall–Kier alpha value is -2.66. The summed E-state index contributed by atoms with van der Waals surface area (Å²) in [7, 11) is 0. The van der Waals surface area contributed by atoms with Crippen LogP contribution in [0.15, 0.2) is 54.6 Å². The van der Waals surface area contributed by atoms with Crippen molar-refractivity contribution >= 4 is 12.3 Å². The third-order valence-corrected chi connectivity index (χ3v) is 5.38. The molecule has 5 heteroatoms. The van der Waals surface area contributed by atoms with Crippen molar-refractivity contribution in [1.29, 1.82) is 0 Å². The Bertz CT molecular complexity index is 772. The number of carboxylic acids is 1. The van der Waals surface area contributed by atoms with Gasteiger partial charge in [-0.1, -0.05) is 49.4 Å². The summed E-state index contributed by atoms with van der Waals surface area (Å²) >= 11 is 0. The van der Waals surface area contributed by atoms with Crippen LogP contribution in [0.5, 0.6) is 5.75 Å². The van der Waals surface area contributed by atoms with Crippen LogP contribution in [0.2, 0.25) is 0 Å². The zero-order valence-corrected chi connectivity index (χ0v) is 17.9. The minimum atomic E-state index is -1.35. The van der Waals surface area contributed by atoms with E-state index in [0.717, 1.165) is 36.9 Å². The lowest BCUT2D eigenvalue weighted by atomic mass is 9.85. The van der Waals surface area contributed by atoms with Gasteiger partial charge in [-0.2, -0.15) is 0 Å². The number of ether oxygens (including phenoxy) is 2. The Morgan fingerprint density at radius 1 is 1.07 bits per heavy atom. The molecule has 0 spiro atoms. The summed E-state index contributed by atoms with van der Waals surface area (Å²) in [6.07, 6.45) is 4.25. The minimum Gasteiger partial charge on any atom is -0.494 e.